The monoisotopic (exact) mass is 331 g/mol. The topological polar surface area (TPSA) is 32.7 Å². The molecule has 130 valence electrons. The number of hydrogen-bond donors (Lipinski definition) is 1. The van der Waals surface area contributed by atoms with Crippen molar-refractivity contribution in [2.45, 2.75) is 32.8 Å². The predicted octanol–water partition coefficient (Wildman–Crippen LogP) is 4.56. The summed E-state index contributed by atoms with van der Waals surface area (Å²) < 4.78 is 18.6. The number of hydrogen-bond acceptors (Lipinski definition) is 3. The first-order valence-corrected chi connectivity index (χ1v) is 8.43. The number of rotatable bonds is 8. The summed E-state index contributed by atoms with van der Waals surface area (Å²) in [6.07, 6.45) is 0.673. The molecule has 0 aliphatic heterocycles. The molecule has 24 heavy (non-hydrogen) atoms. The Labute approximate surface area is 143 Å². The second-order valence-electron chi connectivity index (χ2n) is 6.13. The average Bonchev–Trinajstić information content (AvgIpc) is 2.58. The Kier molecular flexibility index (Phi) is 6.35. The summed E-state index contributed by atoms with van der Waals surface area (Å²) >= 11 is 0. The van der Waals surface area contributed by atoms with Crippen molar-refractivity contribution in [1.29, 1.82) is 0 Å². The van der Waals surface area contributed by atoms with Crippen LogP contribution in [0.15, 0.2) is 48.5 Å². The van der Waals surface area contributed by atoms with Crippen LogP contribution < -0.4 is 4.74 Å². The Morgan fingerprint density at radius 2 is 1.46 bits per heavy atom. The van der Waals surface area contributed by atoms with Gasteiger partial charge in [0, 0.05) is 6.54 Å². The zero-order valence-corrected chi connectivity index (χ0v) is 14.6. The summed E-state index contributed by atoms with van der Waals surface area (Å²) in [5.74, 6) is 0.948. The van der Waals surface area contributed by atoms with Crippen molar-refractivity contribution in [2.24, 2.45) is 0 Å². The minimum absolute atomic E-state index is 0.290. The van der Waals surface area contributed by atoms with Gasteiger partial charge < -0.3 is 14.7 Å². The molecule has 0 radical (unpaired) electrons. The van der Waals surface area contributed by atoms with Crippen molar-refractivity contribution in [3.8, 4) is 11.5 Å². The van der Waals surface area contributed by atoms with E-state index in [-0.39, 0.29) is 5.82 Å². The highest BCUT2D eigenvalue weighted by Crippen LogP contribution is 2.28. The Balaban J connectivity index is 2.00. The van der Waals surface area contributed by atoms with Crippen LogP contribution in [0, 0.1) is 5.82 Å². The third-order valence-corrected chi connectivity index (χ3v) is 4.33. The normalized spacial score (nSPS) is 13.8. The van der Waals surface area contributed by atoms with Crippen molar-refractivity contribution in [3.05, 3.63) is 59.9 Å². The van der Waals surface area contributed by atoms with Gasteiger partial charge in [-0.1, -0.05) is 26.0 Å². The molecule has 0 bridgehead atoms. The van der Waals surface area contributed by atoms with E-state index in [1.807, 2.05) is 31.2 Å². The van der Waals surface area contributed by atoms with Crippen molar-refractivity contribution >= 4 is 0 Å². The molecule has 0 aromatic heterocycles. The Bertz CT molecular complexity index is 619. The van der Waals surface area contributed by atoms with Gasteiger partial charge in [0.05, 0.1) is 5.60 Å². The fourth-order valence-corrected chi connectivity index (χ4v) is 2.58. The molecule has 3 nitrogen and oxygen atoms in total. The minimum atomic E-state index is -0.878. The van der Waals surface area contributed by atoms with Crippen LogP contribution in [0.1, 0.15) is 32.8 Å². The molecule has 1 unspecified atom stereocenters. The highest BCUT2D eigenvalue weighted by molar-refractivity contribution is 5.34. The number of ether oxygens (including phenoxy) is 1. The van der Waals surface area contributed by atoms with Crippen LogP contribution in [0.2, 0.25) is 0 Å². The van der Waals surface area contributed by atoms with Gasteiger partial charge >= 0.3 is 0 Å². The number of halogens is 1. The lowest BCUT2D eigenvalue weighted by Crippen LogP contribution is -2.31. The third-order valence-electron chi connectivity index (χ3n) is 4.33. The van der Waals surface area contributed by atoms with Crippen LogP contribution >= 0.6 is 0 Å². The number of benzene rings is 2. The van der Waals surface area contributed by atoms with Gasteiger partial charge in [0.15, 0.2) is 0 Å². The Morgan fingerprint density at radius 1 is 0.958 bits per heavy atom. The van der Waals surface area contributed by atoms with E-state index < -0.39 is 5.60 Å². The Morgan fingerprint density at radius 3 is 1.96 bits per heavy atom. The second kappa shape index (κ2) is 8.27. The van der Waals surface area contributed by atoms with E-state index in [0.29, 0.717) is 17.9 Å². The van der Waals surface area contributed by atoms with Crippen molar-refractivity contribution in [2.75, 3.05) is 19.6 Å². The molecule has 2 rings (SSSR count). The molecule has 2 aromatic rings. The van der Waals surface area contributed by atoms with E-state index in [4.69, 9.17) is 4.74 Å². The molecule has 2 aromatic carbocycles. The number of nitrogens with zero attached hydrogens (tertiary/aromatic N) is 1. The van der Waals surface area contributed by atoms with E-state index in [9.17, 15) is 9.50 Å². The summed E-state index contributed by atoms with van der Waals surface area (Å²) in [6, 6.07) is 13.3. The van der Waals surface area contributed by atoms with Crippen LogP contribution in [-0.2, 0) is 5.60 Å². The summed E-state index contributed by atoms with van der Waals surface area (Å²) in [6.45, 7) is 8.91. The molecule has 4 heteroatoms. The lowest BCUT2D eigenvalue weighted by atomic mass is 9.92. The van der Waals surface area contributed by atoms with Gasteiger partial charge in [-0.2, -0.15) is 0 Å². The van der Waals surface area contributed by atoms with Gasteiger partial charge in [-0.25, -0.2) is 4.39 Å². The quantitative estimate of drug-likeness (QED) is 0.770. The molecule has 0 heterocycles. The van der Waals surface area contributed by atoms with Gasteiger partial charge in [-0.05, 0) is 68.4 Å². The van der Waals surface area contributed by atoms with E-state index in [1.165, 1.54) is 12.1 Å². The molecule has 0 fully saturated rings. The molecule has 0 aliphatic rings. The Hall–Kier alpha value is -1.91. The summed E-state index contributed by atoms with van der Waals surface area (Å²) in [7, 11) is 0. The zero-order chi connectivity index (χ0) is 17.6. The van der Waals surface area contributed by atoms with Crippen LogP contribution in [0.4, 0.5) is 4.39 Å². The third kappa shape index (κ3) is 5.05. The van der Waals surface area contributed by atoms with Gasteiger partial charge in [0.2, 0.25) is 0 Å². The fraction of sp³-hybridized carbons (Fsp3) is 0.400. The smallest absolute Gasteiger partial charge is 0.127 e. The molecule has 0 amide bonds. The minimum Gasteiger partial charge on any atom is -0.457 e. The maximum atomic E-state index is 12.9. The van der Waals surface area contributed by atoms with E-state index in [1.54, 1.807) is 12.1 Å². The van der Waals surface area contributed by atoms with Crippen molar-refractivity contribution in [1.82, 2.24) is 4.90 Å². The zero-order valence-electron chi connectivity index (χ0n) is 14.6. The number of aliphatic hydroxyl groups is 1. The maximum Gasteiger partial charge on any atom is 0.127 e. The molecule has 1 N–H and O–H groups in total. The van der Waals surface area contributed by atoms with E-state index in [0.717, 1.165) is 25.2 Å². The maximum absolute atomic E-state index is 12.9. The largest absolute Gasteiger partial charge is 0.457 e. The molecule has 0 saturated heterocycles. The second-order valence-corrected chi connectivity index (χ2v) is 6.13. The summed E-state index contributed by atoms with van der Waals surface area (Å²) in [4.78, 5) is 2.29. The standard InChI is InChI=1S/C20H26FNO2/c1-4-22(5-2)15-14-20(3,23)16-6-10-18(11-7-16)24-19-12-8-17(21)9-13-19/h6-13,23H,4-5,14-15H2,1-3H3. The average molecular weight is 331 g/mol. The highest BCUT2D eigenvalue weighted by atomic mass is 19.1. The van der Waals surface area contributed by atoms with Crippen LogP contribution in [-0.4, -0.2) is 29.6 Å². The molecule has 0 saturated carbocycles. The van der Waals surface area contributed by atoms with Crippen LogP contribution in [0.25, 0.3) is 0 Å². The molecule has 0 aliphatic carbocycles. The molecular formula is C20H26FNO2. The lowest BCUT2D eigenvalue weighted by Gasteiger charge is -2.27. The van der Waals surface area contributed by atoms with Crippen LogP contribution in [0.3, 0.4) is 0 Å². The SMILES string of the molecule is CCN(CC)CCC(C)(O)c1ccc(Oc2ccc(F)cc2)cc1. The van der Waals surface area contributed by atoms with Crippen molar-refractivity contribution < 1.29 is 14.2 Å². The van der Waals surface area contributed by atoms with Gasteiger partial charge in [0.1, 0.15) is 17.3 Å². The molecule has 1 atom stereocenters. The first kappa shape index (κ1) is 18.4. The summed E-state index contributed by atoms with van der Waals surface area (Å²) in [5.41, 5.74) is -0.0158. The fourth-order valence-electron chi connectivity index (χ4n) is 2.58. The van der Waals surface area contributed by atoms with Crippen LogP contribution in [0.5, 0.6) is 11.5 Å². The summed E-state index contributed by atoms with van der Waals surface area (Å²) in [5, 5.41) is 10.7. The van der Waals surface area contributed by atoms with E-state index >= 15 is 0 Å². The van der Waals surface area contributed by atoms with E-state index in [2.05, 4.69) is 18.7 Å². The lowest BCUT2D eigenvalue weighted by molar-refractivity contribution is 0.0369. The first-order valence-electron chi connectivity index (χ1n) is 8.43. The predicted molar refractivity (Wildman–Crippen MR) is 94.9 cm³/mol. The van der Waals surface area contributed by atoms with Crippen molar-refractivity contribution in [3.63, 3.8) is 0 Å². The molecule has 0 spiro atoms. The first-order chi connectivity index (χ1) is 11.4. The van der Waals surface area contributed by atoms with Gasteiger partial charge in [-0.15, -0.1) is 0 Å². The van der Waals surface area contributed by atoms with Gasteiger partial charge in [0.25, 0.3) is 0 Å². The highest BCUT2D eigenvalue weighted by Gasteiger charge is 2.23. The van der Waals surface area contributed by atoms with Gasteiger partial charge in [-0.3, -0.25) is 0 Å². The molecular weight excluding hydrogens is 305 g/mol.